The van der Waals surface area contributed by atoms with Crippen molar-refractivity contribution in [3.63, 3.8) is 0 Å². The van der Waals surface area contributed by atoms with Gasteiger partial charge in [-0.3, -0.25) is 14.6 Å². The molecule has 31 heavy (non-hydrogen) atoms. The summed E-state index contributed by atoms with van der Waals surface area (Å²) < 4.78 is 10.7. The Balaban J connectivity index is 2.02. The van der Waals surface area contributed by atoms with E-state index in [4.69, 9.17) is 21.1 Å². The minimum absolute atomic E-state index is 0.0188. The molecule has 0 bridgehead atoms. The quantitative estimate of drug-likeness (QED) is 0.287. The van der Waals surface area contributed by atoms with E-state index in [1.807, 2.05) is 13.8 Å². The van der Waals surface area contributed by atoms with Gasteiger partial charge in [0, 0.05) is 24.9 Å². The number of aliphatic hydroxyl groups is 1. The van der Waals surface area contributed by atoms with Crippen molar-refractivity contribution in [2.24, 2.45) is 0 Å². The summed E-state index contributed by atoms with van der Waals surface area (Å²) in [5.74, 6) is -1.31. The first-order chi connectivity index (χ1) is 14.8. The standard InChI is InChI=1S/C23H25ClN2O5/c1-14(2)31-12-6-11-26-20(17-7-4-5-10-25-17)19(22(28)23(26)29)21(27)15-8-9-18(30-3)16(24)13-15/h4-5,7-10,13-14,20,27H,6,11-12H2,1-3H3/b21-19-. The van der Waals surface area contributed by atoms with E-state index in [9.17, 15) is 14.7 Å². The fraction of sp³-hybridized carbons (Fsp3) is 0.348. The molecule has 1 unspecified atom stereocenters. The molecule has 1 amide bonds. The number of halogens is 1. The highest BCUT2D eigenvalue weighted by atomic mass is 35.5. The average Bonchev–Trinajstić information content (AvgIpc) is 3.01. The molecule has 1 saturated heterocycles. The number of pyridine rings is 1. The van der Waals surface area contributed by atoms with Crippen LogP contribution in [0, 0.1) is 0 Å². The van der Waals surface area contributed by atoms with Crippen molar-refractivity contribution < 1.29 is 24.2 Å². The van der Waals surface area contributed by atoms with Gasteiger partial charge in [0.05, 0.1) is 29.5 Å². The number of likely N-dealkylation sites (tertiary alicyclic amines) is 1. The van der Waals surface area contributed by atoms with Gasteiger partial charge in [0.1, 0.15) is 17.6 Å². The molecular formula is C23H25ClN2O5. The number of aromatic nitrogens is 1. The van der Waals surface area contributed by atoms with Crippen molar-refractivity contribution in [1.82, 2.24) is 9.88 Å². The van der Waals surface area contributed by atoms with Crippen molar-refractivity contribution in [1.29, 1.82) is 0 Å². The smallest absolute Gasteiger partial charge is 0.295 e. The fourth-order valence-electron chi connectivity index (χ4n) is 3.48. The first-order valence-electron chi connectivity index (χ1n) is 10.00. The molecule has 2 heterocycles. The van der Waals surface area contributed by atoms with Gasteiger partial charge in [0.25, 0.3) is 11.7 Å². The molecule has 8 heteroatoms. The molecular weight excluding hydrogens is 420 g/mol. The predicted octanol–water partition coefficient (Wildman–Crippen LogP) is 3.98. The maximum Gasteiger partial charge on any atom is 0.295 e. The van der Waals surface area contributed by atoms with E-state index in [2.05, 4.69) is 4.98 Å². The van der Waals surface area contributed by atoms with E-state index in [0.717, 1.165) is 0 Å². The summed E-state index contributed by atoms with van der Waals surface area (Å²) in [6, 6.07) is 9.11. The molecule has 0 saturated carbocycles. The summed E-state index contributed by atoms with van der Waals surface area (Å²) in [4.78, 5) is 31.6. The Morgan fingerprint density at radius 1 is 1.26 bits per heavy atom. The van der Waals surface area contributed by atoms with Crippen molar-refractivity contribution >= 4 is 29.1 Å². The molecule has 164 valence electrons. The number of aliphatic hydroxyl groups excluding tert-OH is 1. The molecule has 1 aliphatic rings. The van der Waals surface area contributed by atoms with Crippen LogP contribution in [0.25, 0.3) is 5.76 Å². The zero-order valence-electron chi connectivity index (χ0n) is 17.7. The Labute approximate surface area is 186 Å². The zero-order valence-corrected chi connectivity index (χ0v) is 18.4. The number of Topliss-reactive ketones (excluding diaryl/α,β-unsaturated/α-hetero) is 1. The maximum absolute atomic E-state index is 12.9. The van der Waals surface area contributed by atoms with Gasteiger partial charge in [-0.05, 0) is 50.6 Å². The molecule has 2 aromatic rings. The molecule has 1 N–H and O–H groups in total. The molecule has 1 atom stereocenters. The molecule has 1 aromatic carbocycles. The van der Waals surface area contributed by atoms with Gasteiger partial charge in [-0.25, -0.2) is 0 Å². The highest BCUT2D eigenvalue weighted by Gasteiger charge is 2.46. The Bertz CT molecular complexity index is 991. The molecule has 1 aliphatic heterocycles. The van der Waals surface area contributed by atoms with Gasteiger partial charge in [-0.1, -0.05) is 17.7 Å². The lowest BCUT2D eigenvalue weighted by Crippen LogP contribution is -2.31. The van der Waals surface area contributed by atoms with Crippen LogP contribution in [0.3, 0.4) is 0 Å². The van der Waals surface area contributed by atoms with Crippen LogP contribution in [0.15, 0.2) is 48.2 Å². The van der Waals surface area contributed by atoms with Crippen LogP contribution < -0.4 is 4.74 Å². The van der Waals surface area contributed by atoms with Crippen LogP contribution in [0.2, 0.25) is 5.02 Å². The number of carbonyl (C=O) groups is 2. The van der Waals surface area contributed by atoms with Gasteiger partial charge in [0.15, 0.2) is 0 Å². The Morgan fingerprint density at radius 3 is 2.65 bits per heavy atom. The van der Waals surface area contributed by atoms with Gasteiger partial charge >= 0.3 is 0 Å². The molecule has 7 nitrogen and oxygen atoms in total. The third-order valence-corrected chi connectivity index (χ3v) is 5.22. The number of carbonyl (C=O) groups excluding carboxylic acids is 2. The summed E-state index contributed by atoms with van der Waals surface area (Å²) >= 11 is 6.19. The Kier molecular flexibility index (Phi) is 7.30. The van der Waals surface area contributed by atoms with Gasteiger partial charge < -0.3 is 19.5 Å². The summed E-state index contributed by atoms with van der Waals surface area (Å²) in [7, 11) is 1.48. The number of benzene rings is 1. The highest BCUT2D eigenvalue weighted by Crippen LogP contribution is 2.39. The second-order valence-electron chi connectivity index (χ2n) is 7.37. The van der Waals surface area contributed by atoms with Crippen molar-refractivity contribution in [2.45, 2.75) is 32.4 Å². The molecule has 0 spiro atoms. The van der Waals surface area contributed by atoms with Crippen LogP contribution in [0.1, 0.15) is 37.6 Å². The van der Waals surface area contributed by atoms with E-state index in [-0.39, 0.29) is 22.5 Å². The van der Waals surface area contributed by atoms with Gasteiger partial charge in [-0.15, -0.1) is 0 Å². The highest BCUT2D eigenvalue weighted by molar-refractivity contribution is 6.46. The van der Waals surface area contributed by atoms with E-state index in [1.165, 1.54) is 18.1 Å². The van der Waals surface area contributed by atoms with Crippen molar-refractivity contribution in [2.75, 3.05) is 20.3 Å². The summed E-state index contributed by atoms with van der Waals surface area (Å²) in [6.45, 7) is 4.60. The number of rotatable bonds is 8. The monoisotopic (exact) mass is 444 g/mol. The minimum atomic E-state index is -0.805. The lowest BCUT2D eigenvalue weighted by Gasteiger charge is -2.24. The SMILES string of the molecule is COc1ccc(/C(O)=C2/C(=O)C(=O)N(CCCOC(C)C)C2c2ccccn2)cc1Cl. The van der Waals surface area contributed by atoms with Gasteiger partial charge in [-0.2, -0.15) is 0 Å². The fourth-order valence-corrected chi connectivity index (χ4v) is 3.74. The van der Waals surface area contributed by atoms with Crippen LogP contribution in [-0.4, -0.2) is 53.0 Å². The predicted molar refractivity (Wildman–Crippen MR) is 117 cm³/mol. The lowest BCUT2D eigenvalue weighted by atomic mass is 9.98. The second kappa shape index (κ2) is 9.94. The number of ketones is 1. The van der Waals surface area contributed by atoms with E-state index < -0.39 is 17.7 Å². The molecule has 0 aliphatic carbocycles. The number of hydrogen-bond acceptors (Lipinski definition) is 6. The Morgan fingerprint density at radius 2 is 2.03 bits per heavy atom. The summed E-state index contributed by atoms with van der Waals surface area (Å²) in [5.41, 5.74) is 0.787. The molecule has 0 radical (unpaired) electrons. The summed E-state index contributed by atoms with van der Waals surface area (Å²) in [5, 5.41) is 11.3. The topological polar surface area (TPSA) is 89.0 Å². The Hall–Kier alpha value is -2.90. The summed E-state index contributed by atoms with van der Waals surface area (Å²) in [6.07, 6.45) is 2.20. The third-order valence-electron chi connectivity index (χ3n) is 4.93. The number of ether oxygens (including phenoxy) is 2. The van der Waals surface area contributed by atoms with Gasteiger partial charge in [0.2, 0.25) is 0 Å². The average molecular weight is 445 g/mol. The van der Waals surface area contributed by atoms with Crippen LogP contribution in [-0.2, 0) is 14.3 Å². The minimum Gasteiger partial charge on any atom is -0.507 e. The number of methoxy groups -OCH3 is 1. The van der Waals surface area contributed by atoms with Crippen LogP contribution in [0.4, 0.5) is 0 Å². The van der Waals surface area contributed by atoms with E-state index in [0.29, 0.717) is 36.6 Å². The van der Waals surface area contributed by atoms with E-state index in [1.54, 1.807) is 36.5 Å². The number of nitrogens with zero attached hydrogens (tertiary/aromatic N) is 2. The lowest BCUT2D eigenvalue weighted by molar-refractivity contribution is -0.140. The van der Waals surface area contributed by atoms with Crippen LogP contribution in [0.5, 0.6) is 5.75 Å². The second-order valence-corrected chi connectivity index (χ2v) is 7.78. The third kappa shape index (κ3) is 4.89. The first kappa shape index (κ1) is 22.8. The normalized spacial score (nSPS) is 18.1. The molecule has 3 rings (SSSR count). The van der Waals surface area contributed by atoms with Crippen molar-refractivity contribution in [3.8, 4) is 5.75 Å². The first-order valence-corrected chi connectivity index (χ1v) is 10.4. The molecule has 1 fully saturated rings. The van der Waals surface area contributed by atoms with Crippen LogP contribution >= 0.6 is 11.6 Å². The number of amides is 1. The zero-order chi connectivity index (χ0) is 22.5. The molecule has 1 aromatic heterocycles. The van der Waals surface area contributed by atoms with E-state index >= 15 is 0 Å². The maximum atomic E-state index is 12.9. The largest absolute Gasteiger partial charge is 0.507 e. The number of hydrogen-bond donors (Lipinski definition) is 1. The van der Waals surface area contributed by atoms with Crippen molar-refractivity contribution in [3.05, 3.63) is 64.4 Å².